The van der Waals surface area contributed by atoms with Gasteiger partial charge in [-0.3, -0.25) is 10.1 Å². The maximum atomic E-state index is 13.1. The molecule has 180 valence electrons. The number of rotatable bonds is 10. The maximum Gasteiger partial charge on any atom is 0.280 e. The molecule has 0 spiro atoms. The molecule has 1 atom stereocenters. The van der Waals surface area contributed by atoms with Crippen LogP contribution in [0.15, 0.2) is 52.6 Å². The normalized spacial score (nSPS) is 16.6. The van der Waals surface area contributed by atoms with Gasteiger partial charge < -0.3 is 14.3 Å². The van der Waals surface area contributed by atoms with Crippen molar-refractivity contribution in [1.82, 2.24) is 14.7 Å². The number of carbonyl (C=O) groups is 1. The van der Waals surface area contributed by atoms with Crippen molar-refractivity contribution < 1.29 is 27.5 Å². The molecule has 3 heterocycles. The molecule has 0 radical (unpaired) electrons. The van der Waals surface area contributed by atoms with Crippen LogP contribution in [0.3, 0.4) is 0 Å². The number of oxime groups is 1. The van der Waals surface area contributed by atoms with E-state index in [-0.39, 0.29) is 29.9 Å². The topological polar surface area (TPSA) is 141 Å². The number of ether oxygens (including phenoxy) is 2. The van der Waals surface area contributed by atoms with E-state index < -0.39 is 15.9 Å². The van der Waals surface area contributed by atoms with Gasteiger partial charge in [0.15, 0.2) is 16.9 Å². The highest BCUT2D eigenvalue weighted by Crippen LogP contribution is 2.24. The molecule has 0 aliphatic carbocycles. The SMILES string of the molecule is COCCNS(=O)(=O)c1ccc(C(=NO[C@@H]2CCOC2)C(=O)Nc2nc3cccnc3s2)cc1. The van der Waals surface area contributed by atoms with Gasteiger partial charge >= 0.3 is 0 Å². The third-order valence-electron chi connectivity index (χ3n) is 4.82. The van der Waals surface area contributed by atoms with E-state index in [0.717, 1.165) is 0 Å². The average molecular weight is 506 g/mol. The number of sulfonamides is 1. The lowest BCUT2D eigenvalue weighted by Gasteiger charge is -2.11. The molecule has 1 aromatic carbocycles. The Kier molecular flexibility index (Phi) is 7.80. The van der Waals surface area contributed by atoms with Crippen LogP contribution in [0.1, 0.15) is 12.0 Å². The Morgan fingerprint density at radius 3 is 2.82 bits per heavy atom. The molecular formula is C21H23N5O6S2. The van der Waals surface area contributed by atoms with E-state index in [2.05, 4.69) is 25.2 Å². The Hall–Kier alpha value is -2.97. The summed E-state index contributed by atoms with van der Waals surface area (Å²) in [4.78, 5) is 27.9. The second-order valence-electron chi connectivity index (χ2n) is 7.25. The summed E-state index contributed by atoms with van der Waals surface area (Å²) in [6.07, 6.45) is 2.04. The van der Waals surface area contributed by atoms with Crippen LogP contribution >= 0.6 is 11.3 Å². The van der Waals surface area contributed by atoms with Crippen LogP contribution < -0.4 is 10.0 Å². The minimum atomic E-state index is -3.72. The first-order valence-corrected chi connectivity index (χ1v) is 12.7. The Labute approximate surface area is 200 Å². The third-order valence-corrected chi connectivity index (χ3v) is 7.19. The first kappa shape index (κ1) is 24.2. The standard InChI is InChI=1S/C21H23N5O6S2/c1-30-12-10-23-34(28,29)16-6-4-14(5-7-16)18(26-32-15-8-11-31-13-15)19(27)25-21-24-17-3-2-9-22-20(17)33-21/h2-7,9,15,23H,8,10-13H2,1H3,(H,24,25,27)/t15-/m1/s1. The van der Waals surface area contributed by atoms with Gasteiger partial charge in [-0.05, 0) is 24.3 Å². The molecule has 3 aromatic rings. The number of amides is 1. The van der Waals surface area contributed by atoms with Crippen molar-refractivity contribution in [2.75, 3.05) is 38.8 Å². The minimum Gasteiger partial charge on any atom is -0.389 e. The number of nitrogens with one attached hydrogen (secondary N) is 2. The number of nitrogens with zero attached hydrogens (tertiary/aromatic N) is 3. The number of carbonyl (C=O) groups excluding carboxylic acids is 1. The van der Waals surface area contributed by atoms with Crippen LogP contribution in [0.4, 0.5) is 5.13 Å². The predicted octanol–water partition coefficient (Wildman–Crippen LogP) is 1.76. The monoisotopic (exact) mass is 505 g/mol. The molecule has 0 bridgehead atoms. The molecule has 11 nitrogen and oxygen atoms in total. The lowest BCUT2D eigenvalue weighted by molar-refractivity contribution is -0.110. The zero-order chi connectivity index (χ0) is 24.0. The van der Waals surface area contributed by atoms with E-state index in [1.165, 1.54) is 42.7 Å². The van der Waals surface area contributed by atoms with Crippen LogP contribution in [-0.4, -0.2) is 69.6 Å². The minimum absolute atomic E-state index is 0.0181. The lowest BCUT2D eigenvalue weighted by atomic mass is 10.1. The van der Waals surface area contributed by atoms with Crippen molar-refractivity contribution >= 4 is 48.5 Å². The van der Waals surface area contributed by atoms with Gasteiger partial charge in [-0.15, -0.1) is 0 Å². The number of pyridine rings is 1. The summed E-state index contributed by atoms with van der Waals surface area (Å²) in [7, 11) is -2.23. The molecule has 1 fully saturated rings. The van der Waals surface area contributed by atoms with Crippen molar-refractivity contribution in [1.29, 1.82) is 0 Å². The van der Waals surface area contributed by atoms with Crippen molar-refractivity contribution in [2.45, 2.75) is 17.4 Å². The Balaban J connectivity index is 1.56. The van der Waals surface area contributed by atoms with Crippen LogP contribution in [0.25, 0.3) is 10.3 Å². The molecule has 2 aromatic heterocycles. The van der Waals surface area contributed by atoms with Crippen molar-refractivity contribution in [3.63, 3.8) is 0 Å². The third kappa shape index (κ3) is 5.93. The van der Waals surface area contributed by atoms with Gasteiger partial charge in [-0.2, -0.15) is 0 Å². The highest BCUT2D eigenvalue weighted by Gasteiger charge is 2.22. The van der Waals surface area contributed by atoms with Gasteiger partial charge in [0.05, 0.1) is 24.7 Å². The van der Waals surface area contributed by atoms with E-state index in [0.29, 0.717) is 40.7 Å². The molecule has 0 saturated carbocycles. The highest BCUT2D eigenvalue weighted by molar-refractivity contribution is 7.89. The quantitative estimate of drug-likeness (QED) is 0.241. The number of fused-ring (bicyclic) bond motifs is 1. The van der Waals surface area contributed by atoms with Gasteiger partial charge in [0.2, 0.25) is 10.0 Å². The van der Waals surface area contributed by atoms with E-state index in [1.54, 1.807) is 18.3 Å². The molecule has 4 rings (SSSR count). The Bertz CT molecular complexity index is 1240. The number of aromatic nitrogens is 2. The van der Waals surface area contributed by atoms with E-state index in [9.17, 15) is 13.2 Å². The highest BCUT2D eigenvalue weighted by atomic mass is 32.2. The fraction of sp³-hybridized carbons (Fsp3) is 0.333. The van der Waals surface area contributed by atoms with E-state index in [4.69, 9.17) is 14.3 Å². The van der Waals surface area contributed by atoms with Gasteiger partial charge in [0.1, 0.15) is 10.3 Å². The number of hydrogen-bond donors (Lipinski definition) is 2. The Morgan fingerprint density at radius 1 is 1.29 bits per heavy atom. The van der Waals surface area contributed by atoms with Gasteiger partial charge in [0, 0.05) is 31.8 Å². The van der Waals surface area contributed by atoms with Crippen LogP contribution in [0.2, 0.25) is 0 Å². The number of methoxy groups -OCH3 is 1. The predicted molar refractivity (Wildman–Crippen MR) is 126 cm³/mol. The molecule has 1 saturated heterocycles. The lowest BCUT2D eigenvalue weighted by Crippen LogP contribution is -2.27. The second-order valence-corrected chi connectivity index (χ2v) is 9.99. The summed E-state index contributed by atoms with van der Waals surface area (Å²) in [5.41, 5.74) is 1.03. The van der Waals surface area contributed by atoms with Gasteiger partial charge in [0.25, 0.3) is 5.91 Å². The molecule has 2 N–H and O–H groups in total. The van der Waals surface area contributed by atoms with Crippen LogP contribution in [-0.2, 0) is 29.1 Å². The van der Waals surface area contributed by atoms with E-state index >= 15 is 0 Å². The van der Waals surface area contributed by atoms with Crippen molar-refractivity contribution in [3.05, 3.63) is 48.2 Å². The van der Waals surface area contributed by atoms with Crippen molar-refractivity contribution in [3.8, 4) is 0 Å². The summed E-state index contributed by atoms with van der Waals surface area (Å²) < 4.78 is 37.4. The van der Waals surface area contributed by atoms with Crippen LogP contribution in [0.5, 0.6) is 0 Å². The van der Waals surface area contributed by atoms with E-state index in [1.807, 2.05) is 0 Å². The maximum absolute atomic E-state index is 13.1. The molecule has 0 unspecified atom stereocenters. The summed E-state index contributed by atoms with van der Waals surface area (Å²) in [5.74, 6) is -0.549. The first-order valence-electron chi connectivity index (χ1n) is 10.4. The summed E-state index contributed by atoms with van der Waals surface area (Å²) >= 11 is 1.23. The van der Waals surface area contributed by atoms with Gasteiger partial charge in [-0.1, -0.05) is 28.6 Å². The first-order chi connectivity index (χ1) is 16.5. The fourth-order valence-electron chi connectivity index (χ4n) is 3.08. The smallest absolute Gasteiger partial charge is 0.280 e. The van der Waals surface area contributed by atoms with Crippen LogP contribution in [0, 0.1) is 0 Å². The summed E-state index contributed by atoms with van der Waals surface area (Å²) in [6.45, 7) is 1.33. The number of thiazole rings is 1. The molecule has 13 heteroatoms. The largest absolute Gasteiger partial charge is 0.389 e. The zero-order valence-corrected chi connectivity index (χ0v) is 19.9. The number of hydrogen-bond acceptors (Lipinski definition) is 10. The van der Waals surface area contributed by atoms with Gasteiger partial charge in [-0.25, -0.2) is 23.1 Å². The summed E-state index contributed by atoms with van der Waals surface area (Å²) in [6, 6.07) is 9.35. The summed E-state index contributed by atoms with van der Waals surface area (Å²) in [5, 5.41) is 7.17. The number of anilines is 1. The second kappa shape index (κ2) is 11.0. The average Bonchev–Trinajstić information content (AvgIpc) is 3.49. The molecule has 1 aliphatic rings. The molecular weight excluding hydrogens is 482 g/mol. The Morgan fingerprint density at radius 2 is 2.12 bits per heavy atom. The number of benzene rings is 1. The zero-order valence-electron chi connectivity index (χ0n) is 18.3. The molecule has 1 amide bonds. The molecule has 34 heavy (non-hydrogen) atoms. The molecule has 1 aliphatic heterocycles. The van der Waals surface area contributed by atoms with Crippen molar-refractivity contribution in [2.24, 2.45) is 5.16 Å². The fourth-order valence-corrected chi connectivity index (χ4v) is 4.90.